The standard InChI is InChI=1S/C24H16Cl2O5/c1-13-9-15(30-24(28)16-5-3-4-6-19(16)29-2)12-20-22(13)23(27)21(31-20)11-14-7-8-17(25)18(26)10-14/h3-12H,1-2H3/b21-11-. The van der Waals surface area contributed by atoms with E-state index in [4.69, 9.17) is 37.4 Å². The molecule has 0 atom stereocenters. The molecule has 0 saturated carbocycles. The molecule has 1 aliphatic rings. The zero-order valence-corrected chi connectivity index (χ0v) is 18.1. The molecule has 0 unspecified atom stereocenters. The number of para-hydroxylation sites is 1. The van der Waals surface area contributed by atoms with Gasteiger partial charge in [0.25, 0.3) is 0 Å². The quantitative estimate of drug-likeness (QED) is 0.269. The number of fused-ring (bicyclic) bond motifs is 1. The number of aryl methyl sites for hydroxylation is 1. The van der Waals surface area contributed by atoms with Crippen LogP contribution >= 0.6 is 23.2 Å². The number of allylic oxidation sites excluding steroid dienone is 1. The molecule has 0 aromatic heterocycles. The molecule has 0 aliphatic carbocycles. The van der Waals surface area contributed by atoms with Gasteiger partial charge >= 0.3 is 5.97 Å². The van der Waals surface area contributed by atoms with Crippen LogP contribution in [0, 0.1) is 6.92 Å². The molecule has 7 heteroatoms. The molecule has 156 valence electrons. The summed E-state index contributed by atoms with van der Waals surface area (Å²) < 4.78 is 16.5. The lowest BCUT2D eigenvalue weighted by Gasteiger charge is -2.10. The van der Waals surface area contributed by atoms with E-state index in [1.165, 1.54) is 13.2 Å². The van der Waals surface area contributed by atoms with E-state index >= 15 is 0 Å². The van der Waals surface area contributed by atoms with Crippen molar-refractivity contribution in [2.24, 2.45) is 0 Å². The fourth-order valence-corrected chi connectivity index (χ4v) is 3.57. The number of ether oxygens (including phenoxy) is 3. The molecule has 1 aliphatic heterocycles. The Morgan fingerprint density at radius 3 is 2.55 bits per heavy atom. The number of methoxy groups -OCH3 is 1. The number of halogens is 2. The van der Waals surface area contributed by atoms with Gasteiger partial charge in [-0.3, -0.25) is 4.79 Å². The smallest absolute Gasteiger partial charge is 0.347 e. The van der Waals surface area contributed by atoms with Crippen LogP contribution < -0.4 is 14.2 Å². The normalized spacial score (nSPS) is 13.7. The van der Waals surface area contributed by atoms with Crippen molar-refractivity contribution in [1.29, 1.82) is 0 Å². The van der Waals surface area contributed by atoms with Gasteiger partial charge in [-0.05, 0) is 54.5 Å². The van der Waals surface area contributed by atoms with E-state index in [1.807, 2.05) is 0 Å². The van der Waals surface area contributed by atoms with E-state index in [0.717, 1.165) is 0 Å². The summed E-state index contributed by atoms with van der Waals surface area (Å²) in [4.78, 5) is 25.4. The van der Waals surface area contributed by atoms with Crippen molar-refractivity contribution in [2.75, 3.05) is 7.11 Å². The Labute approximate surface area is 188 Å². The topological polar surface area (TPSA) is 61.8 Å². The van der Waals surface area contributed by atoms with E-state index in [0.29, 0.717) is 43.8 Å². The number of Topliss-reactive ketones (excluding diaryl/α,β-unsaturated/α-hetero) is 1. The van der Waals surface area contributed by atoms with Crippen molar-refractivity contribution < 1.29 is 23.8 Å². The van der Waals surface area contributed by atoms with Crippen molar-refractivity contribution in [3.63, 3.8) is 0 Å². The molecule has 5 nitrogen and oxygen atoms in total. The van der Waals surface area contributed by atoms with Gasteiger partial charge in [0.2, 0.25) is 5.78 Å². The number of carbonyl (C=O) groups excluding carboxylic acids is 2. The Balaban J connectivity index is 1.62. The van der Waals surface area contributed by atoms with Crippen LogP contribution in [0.15, 0.2) is 60.4 Å². The summed E-state index contributed by atoms with van der Waals surface area (Å²) in [6.45, 7) is 1.75. The molecule has 3 aromatic rings. The number of hydrogen-bond donors (Lipinski definition) is 0. The molecule has 0 amide bonds. The monoisotopic (exact) mass is 454 g/mol. The number of carbonyl (C=O) groups is 2. The van der Waals surface area contributed by atoms with Crippen LogP contribution in [0.1, 0.15) is 31.8 Å². The lowest BCUT2D eigenvalue weighted by atomic mass is 10.0. The van der Waals surface area contributed by atoms with Gasteiger partial charge in [-0.15, -0.1) is 0 Å². The average molecular weight is 455 g/mol. The maximum absolute atomic E-state index is 12.8. The fourth-order valence-electron chi connectivity index (χ4n) is 3.27. The predicted molar refractivity (Wildman–Crippen MR) is 119 cm³/mol. The first kappa shape index (κ1) is 21.0. The minimum atomic E-state index is -0.576. The number of rotatable bonds is 4. The molecule has 0 bridgehead atoms. The molecule has 0 saturated heterocycles. The lowest BCUT2D eigenvalue weighted by molar-refractivity contribution is 0.0731. The summed E-state index contributed by atoms with van der Waals surface area (Å²) in [5.74, 6) is 0.289. The zero-order chi connectivity index (χ0) is 22.1. The third-order valence-corrected chi connectivity index (χ3v) is 5.46. The maximum Gasteiger partial charge on any atom is 0.347 e. The van der Waals surface area contributed by atoms with Gasteiger partial charge in [0, 0.05) is 6.07 Å². The second-order valence-corrected chi connectivity index (χ2v) is 7.63. The van der Waals surface area contributed by atoms with Gasteiger partial charge in [0.1, 0.15) is 22.8 Å². The highest BCUT2D eigenvalue weighted by Gasteiger charge is 2.30. The van der Waals surface area contributed by atoms with E-state index in [9.17, 15) is 9.59 Å². The van der Waals surface area contributed by atoms with Crippen LogP contribution in [-0.4, -0.2) is 18.9 Å². The molecular weight excluding hydrogens is 439 g/mol. The largest absolute Gasteiger partial charge is 0.496 e. The van der Waals surface area contributed by atoms with Gasteiger partial charge in [-0.25, -0.2) is 4.79 Å². The summed E-state index contributed by atoms with van der Waals surface area (Å²) in [6, 6.07) is 14.9. The van der Waals surface area contributed by atoms with Crippen molar-refractivity contribution in [3.05, 3.63) is 92.7 Å². The highest BCUT2D eigenvalue weighted by atomic mass is 35.5. The minimum absolute atomic E-state index is 0.143. The van der Waals surface area contributed by atoms with Crippen molar-refractivity contribution in [3.8, 4) is 17.2 Å². The third kappa shape index (κ3) is 4.15. The van der Waals surface area contributed by atoms with E-state index in [-0.39, 0.29) is 17.3 Å². The molecule has 0 fully saturated rings. The van der Waals surface area contributed by atoms with E-state index in [2.05, 4.69) is 0 Å². The summed E-state index contributed by atoms with van der Waals surface area (Å²) in [5.41, 5.74) is 2.01. The highest BCUT2D eigenvalue weighted by Crippen LogP contribution is 2.38. The Morgan fingerprint density at radius 2 is 1.81 bits per heavy atom. The molecule has 3 aromatic carbocycles. The third-order valence-electron chi connectivity index (χ3n) is 4.72. The van der Waals surface area contributed by atoms with Crippen LogP contribution in [0.5, 0.6) is 17.2 Å². The summed E-state index contributed by atoms with van der Waals surface area (Å²) in [6.07, 6.45) is 1.59. The maximum atomic E-state index is 12.8. The van der Waals surface area contributed by atoms with Crippen LogP contribution in [-0.2, 0) is 0 Å². The first-order valence-electron chi connectivity index (χ1n) is 9.26. The predicted octanol–water partition coefficient (Wildman–Crippen LogP) is 6.15. The highest BCUT2D eigenvalue weighted by molar-refractivity contribution is 6.42. The Morgan fingerprint density at radius 1 is 1.03 bits per heavy atom. The number of ketones is 1. The van der Waals surface area contributed by atoms with Crippen LogP contribution in [0.3, 0.4) is 0 Å². The number of benzene rings is 3. The molecule has 1 heterocycles. The SMILES string of the molecule is COc1ccccc1C(=O)Oc1cc(C)c2c(c1)O/C(=C\c1ccc(Cl)c(Cl)c1)C2=O. The molecular formula is C24H16Cl2O5. The van der Waals surface area contributed by atoms with Crippen molar-refractivity contribution in [1.82, 2.24) is 0 Å². The second kappa shape index (κ2) is 8.46. The first-order valence-corrected chi connectivity index (χ1v) is 10.0. The summed E-state index contributed by atoms with van der Waals surface area (Å²) in [5, 5.41) is 0.795. The average Bonchev–Trinajstić information content (AvgIpc) is 3.06. The summed E-state index contributed by atoms with van der Waals surface area (Å²) >= 11 is 12.0. The molecule has 0 N–H and O–H groups in total. The van der Waals surface area contributed by atoms with Crippen LogP contribution in [0.2, 0.25) is 10.0 Å². The van der Waals surface area contributed by atoms with E-state index < -0.39 is 5.97 Å². The second-order valence-electron chi connectivity index (χ2n) is 6.82. The Hall–Kier alpha value is -3.28. The fraction of sp³-hybridized carbons (Fsp3) is 0.0833. The lowest BCUT2D eigenvalue weighted by Crippen LogP contribution is -2.10. The molecule has 4 rings (SSSR count). The molecule has 31 heavy (non-hydrogen) atoms. The van der Waals surface area contributed by atoms with Gasteiger partial charge < -0.3 is 14.2 Å². The minimum Gasteiger partial charge on any atom is -0.496 e. The van der Waals surface area contributed by atoms with Gasteiger partial charge in [0.15, 0.2) is 5.76 Å². The first-order chi connectivity index (χ1) is 14.9. The van der Waals surface area contributed by atoms with E-state index in [1.54, 1.807) is 61.5 Å². The van der Waals surface area contributed by atoms with Crippen molar-refractivity contribution >= 4 is 41.0 Å². The van der Waals surface area contributed by atoms with Crippen molar-refractivity contribution in [2.45, 2.75) is 6.92 Å². The zero-order valence-electron chi connectivity index (χ0n) is 16.6. The molecule has 0 spiro atoms. The van der Waals surface area contributed by atoms with Gasteiger partial charge in [-0.1, -0.05) is 41.4 Å². The number of esters is 1. The molecule has 0 radical (unpaired) electrons. The van der Waals surface area contributed by atoms with Gasteiger partial charge in [-0.2, -0.15) is 0 Å². The Kier molecular flexibility index (Phi) is 5.72. The summed E-state index contributed by atoms with van der Waals surface area (Å²) in [7, 11) is 1.48. The van der Waals surface area contributed by atoms with Crippen LogP contribution in [0.4, 0.5) is 0 Å². The number of hydrogen-bond acceptors (Lipinski definition) is 5. The Bertz CT molecular complexity index is 1250. The van der Waals surface area contributed by atoms with Crippen LogP contribution in [0.25, 0.3) is 6.08 Å². The van der Waals surface area contributed by atoms with Gasteiger partial charge in [0.05, 0.1) is 22.7 Å².